The van der Waals surface area contributed by atoms with Gasteiger partial charge >= 0.3 is 0 Å². The summed E-state index contributed by atoms with van der Waals surface area (Å²) in [5.41, 5.74) is 0. The Morgan fingerprint density at radius 1 is 1.23 bits per heavy atom. The van der Waals surface area contributed by atoms with Crippen LogP contribution >= 0.6 is 34.8 Å². The Balaban J connectivity index is 1.59. The Bertz CT molecular complexity index is 664. The normalized spacial score (nSPS) is 24.1. The lowest BCUT2D eigenvalue weighted by molar-refractivity contribution is -0.137. The van der Waals surface area contributed by atoms with E-state index in [1.807, 2.05) is 0 Å². The van der Waals surface area contributed by atoms with E-state index in [0.29, 0.717) is 53.4 Å². The Morgan fingerprint density at radius 3 is 2.73 bits per heavy atom. The van der Waals surface area contributed by atoms with Gasteiger partial charge in [-0.05, 0) is 12.5 Å². The number of amides is 1. The molecule has 2 saturated heterocycles. The third-order valence-electron chi connectivity index (χ3n) is 4.68. The van der Waals surface area contributed by atoms with Gasteiger partial charge in [0.05, 0.1) is 21.1 Å². The molecule has 2 heterocycles. The average molecular weight is 425 g/mol. The van der Waals surface area contributed by atoms with Gasteiger partial charge in [0, 0.05) is 45.3 Å². The largest absolute Gasteiger partial charge is 0.482 e. The number of likely N-dealkylation sites (tertiary alicyclic amines) is 1. The molecule has 0 bridgehead atoms. The van der Waals surface area contributed by atoms with Crippen molar-refractivity contribution in [2.75, 3.05) is 45.9 Å². The van der Waals surface area contributed by atoms with Crippen LogP contribution < -0.4 is 10.1 Å². The zero-order chi connectivity index (χ0) is 18.7. The molecule has 1 N–H and O–H groups in total. The number of carbonyl (C=O) groups is 1. The Hall–Kier alpha value is -0.790. The van der Waals surface area contributed by atoms with Gasteiger partial charge < -0.3 is 15.0 Å². The molecule has 0 saturated carbocycles. The molecule has 1 amide bonds. The topological polar surface area (TPSA) is 44.8 Å². The second-order valence-corrected chi connectivity index (χ2v) is 7.80. The average Bonchev–Trinajstić information content (AvgIpc) is 3.02. The van der Waals surface area contributed by atoms with Crippen molar-refractivity contribution in [3.05, 3.63) is 27.2 Å². The van der Waals surface area contributed by atoms with E-state index in [1.54, 1.807) is 4.90 Å². The highest BCUT2D eigenvalue weighted by atomic mass is 35.5. The van der Waals surface area contributed by atoms with Crippen LogP contribution in [0.4, 0.5) is 4.39 Å². The Morgan fingerprint density at radius 2 is 2.00 bits per heavy atom. The number of piperazine rings is 1. The lowest BCUT2D eigenvalue weighted by atomic mass is 10.1. The van der Waals surface area contributed by atoms with E-state index in [1.165, 1.54) is 12.1 Å². The van der Waals surface area contributed by atoms with Crippen LogP contribution in [0.1, 0.15) is 6.42 Å². The first-order valence-corrected chi connectivity index (χ1v) is 9.71. The summed E-state index contributed by atoms with van der Waals surface area (Å²) in [6.07, 6.45) is -0.205. The molecule has 26 heavy (non-hydrogen) atoms. The SMILES string of the molecule is O=C(COc1cc(Cl)c(Cl)cc1Cl)N1CCNC[C@@H]1CN1CC[C@H](F)C1. The molecule has 5 nitrogen and oxygen atoms in total. The van der Waals surface area contributed by atoms with E-state index in [2.05, 4.69) is 10.2 Å². The number of benzene rings is 1. The predicted octanol–water partition coefficient (Wildman–Crippen LogP) is 2.87. The highest BCUT2D eigenvalue weighted by Gasteiger charge is 2.31. The lowest BCUT2D eigenvalue weighted by Gasteiger charge is -2.38. The minimum atomic E-state index is -0.768. The van der Waals surface area contributed by atoms with Gasteiger partial charge in [-0.2, -0.15) is 0 Å². The number of nitrogens with one attached hydrogen (secondary N) is 1. The van der Waals surface area contributed by atoms with Crippen molar-refractivity contribution >= 4 is 40.7 Å². The number of alkyl halides is 1. The van der Waals surface area contributed by atoms with Crippen LogP contribution in [0.3, 0.4) is 0 Å². The number of rotatable bonds is 5. The molecule has 0 radical (unpaired) electrons. The monoisotopic (exact) mass is 423 g/mol. The first-order chi connectivity index (χ1) is 12.4. The van der Waals surface area contributed by atoms with E-state index in [-0.39, 0.29) is 18.6 Å². The molecule has 1 aromatic rings. The minimum absolute atomic E-state index is 0.00516. The summed E-state index contributed by atoms with van der Waals surface area (Å²) in [5.74, 6) is 0.190. The zero-order valence-electron chi connectivity index (χ0n) is 14.2. The first-order valence-electron chi connectivity index (χ1n) is 8.58. The van der Waals surface area contributed by atoms with Gasteiger partial charge in [0.25, 0.3) is 5.91 Å². The second-order valence-electron chi connectivity index (χ2n) is 6.58. The summed E-state index contributed by atoms with van der Waals surface area (Å²) in [5, 5.41) is 4.24. The van der Waals surface area contributed by atoms with Crippen molar-refractivity contribution in [2.45, 2.75) is 18.6 Å². The van der Waals surface area contributed by atoms with Gasteiger partial charge in [-0.15, -0.1) is 0 Å². The van der Waals surface area contributed by atoms with Crippen molar-refractivity contribution in [3.8, 4) is 5.75 Å². The Labute approximate surface area is 167 Å². The van der Waals surface area contributed by atoms with Gasteiger partial charge in [-0.1, -0.05) is 34.8 Å². The molecule has 2 aliphatic rings. The van der Waals surface area contributed by atoms with Crippen molar-refractivity contribution in [3.63, 3.8) is 0 Å². The molecule has 3 rings (SSSR count). The molecule has 0 unspecified atom stereocenters. The van der Waals surface area contributed by atoms with Gasteiger partial charge in [0.1, 0.15) is 11.9 Å². The van der Waals surface area contributed by atoms with Gasteiger partial charge in [0.15, 0.2) is 6.61 Å². The molecule has 0 spiro atoms. The quantitative estimate of drug-likeness (QED) is 0.738. The van der Waals surface area contributed by atoms with E-state index in [9.17, 15) is 9.18 Å². The van der Waals surface area contributed by atoms with Crippen LogP contribution in [-0.4, -0.2) is 73.8 Å². The fourth-order valence-corrected chi connectivity index (χ4v) is 3.93. The van der Waals surface area contributed by atoms with Crippen LogP contribution in [0.25, 0.3) is 0 Å². The highest BCUT2D eigenvalue weighted by Crippen LogP contribution is 2.33. The summed E-state index contributed by atoms with van der Waals surface area (Å²) >= 11 is 17.9. The predicted molar refractivity (Wildman–Crippen MR) is 101 cm³/mol. The number of ether oxygens (including phenoxy) is 1. The molecule has 0 aromatic heterocycles. The minimum Gasteiger partial charge on any atom is -0.482 e. The number of carbonyl (C=O) groups excluding carboxylic acids is 1. The number of halogens is 4. The maximum Gasteiger partial charge on any atom is 0.260 e. The molecule has 2 aliphatic heterocycles. The van der Waals surface area contributed by atoms with Crippen LogP contribution in [0.2, 0.25) is 15.1 Å². The van der Waals surface area contributed by atoms with Crippen LogP contribution in [-0.2, 0) is 4.79 Å². The Kier molecular flexibility index (Phi) is 6.86. The molecule has 9 heteroatoms. The summed E-state index contributed by atoms with van der Waals surface area (Å²) in [4.78, 5) is 16.5. The lowest BCUT2D eigenvalue weighted by Crippen LogP contribution is -2.58. The number of hydrogen-bond acceptors (Lipinski definition) is 4. The van der Waals surface area contributed by atoms with Crippen molar-refractivity contribution < 1.29 is 13.9 Å². The molecular formula is C17H21Cl3FN3O2. The van der Waals surface area contributed by atoms with E-state index in [0.717, 1.165) is 13.1 Å². The highest BCUT2D eigenvalue weighted by molar-refractivity contribution is 6.43. The van der Waals surface area contributed by atoms with Gasteiger partial charge in [-0.25, -0.2) is 4.39 Å². The van der Waals surface area contributed by atoms with Crippen molar-refractivity contribution in [1.82, 2.24) is 15.1 Å². The van der Waals surface area contributed by atoms with Crippen molar-refractivity contribution in [1.29, 1.82) is 0 Å². The standard InChI is InChI=1S/C17H21Cl3FN3O2/c18-13-5-15(20)16(6-14(13)19)26-10-17(25)24-4-2-22-7-12(24)9-23-3-1-11(21)8-23/h5-6,11-12,22H,1-4,7-10H2/t11-,12+/m0/s1. The zero-order valence-corrected chi connectivity index (χ0v) is 16.5. The molecule has 2 atom stereocenters. The molecule has 0 aliphatic carbocycles. The van der Waals surface area contributed by atoms with E-state index in [4.69, 9.17) is 39.5 Å². The molecular weight excluding hydrogens is 404 g/mol. The molecule has 144 valence electrons. The van der Waals surface area contributed by atoms with E-state index >= 15 is 0 Å². The summed E-state index contributed by atoms with van der Waals surface area (Å²) < 4.78 is 19.0. The summed E-state index contributed by atoms with van der Waals surface area (Å²) in [6, 6.07) is 2.98. The molecule has 2 fully saturated rings. The van der Waals surface area contributed by atoms with E-state index < -0.39 is 6.17 Å². The second kappa shape index (κ2) is 8.93. The van der Waals surface area contributed by atoms with Gasteiger partial charge in [-0.3, -0.25) is 9.69 Å². The maximum atomic E-state index is 13.4. The fraction of sp³-hybridized carbons (Fsp3) is 0.588. The van der Waals surface area contributed by atoms with Crippen LogP contribution in [0.5, 0.6) is 5.75 Å². The fourth-order valence-electron chi connectivity index (χ4n) is 3.34. The number of hydrogen-bond donors (Lipinski definition) is 1. The maximum absolute atomic E-state index is 13.4. The van der Waals surface area contributed by atoms with Crippen molar-refractivity contribution in [2.24, 2.45) is 0 Å². The summed E-state index contributed by atoms with van der Waals surface area (Å²) in [7, 11) is 0. The smallest absolute Gasteiger partial charge is 0.260 e. The summed E-state index contributed by atoms with van der Waals surface area (Å²) in [6.45, 7) is 3.69. The molecule has 1 aromatic carbocycles. The van der Waals surface area contributed by atoms with Gasteiger partial charge in [0.2, 0.25) is 0 Å². The van der Waals surface area contributed by atoms with Crippen LogP contribution in [0, 0.1) is 0 Å². The van der Waals surface area contributed by atoms with Crippen LogP contribution in [0.15, 0.2) is 12.1 Å². The number of nitrogens with zero attached hydrogens (tertiary/aromatic N) is 2. The third kappa shape index (κ3) is 4.93. The third-order valence-corrected chi connectivity index (χ3v) is 5.70. The first kappa shape index (κ1) is 20.0.